The van der Waals surface area contributed by atoms with E-state index in [1.807, 2.05) is 11.8 Å². The van der Waals surface area contributed by atoms with Gasteiger partial charge in [-0.25, -0.2) is 8.78 Å². The average molecular weight is 276 g/mol. The summed E-state index contributed by atoms with van der Waals surface area (Å²) in [4.78, 5) is 13.8. The molecule has 5 heteroatoms. The fourth-order valence-electron chi connectivity index (χ4n) is 2.80. The van der Waals surface area contributed by atoms with Gasteiger partial charge in [0.2, 0.25) is 5.91 Å². The van der Waals surface area contributed by atoms with E-state index in [4.69, 9.17) is 0 Å². The van der Waals surface area contributed by atoms with Crippen LogP contribution in [0.4, 0.5) is 8.78 Å². The van der Waals surface area contributed by atoms with Gasteiger partial charge >= 0.3 is 0 Å². The lowest BCUT2D eigenvalue weighted by atomic mass is 9.90. The van der Waals surface area contributed by atoms with Crippen LogP contribution in [0.3, 0.4) is 0 Å². The minimum Gasteiger partial charge on any atom is -0.341 e. The van der Waals surface area contributed by atoms with Crippen LogP contribution in [0.2, 0.25) is 0 Å². The SMILES string of the molecule is CCCC(=O)N1CC(CCC)CC(NCC(F)F)C1. The third-order valence-corrected chi connectivity index (χ3v) is 3.61. The Kier molecular flexibility index (Phi) is 7.28. The maximum atomic E-state index is 12.3. The molecule has 3 nitrogen and oxygen atoms in total. The molecule has 1 aliphatic heterocycles. The van der Waals surface area contributed by atoms with Crippen molar-refractivity contribution >= 4 is 5.91 Å². The first kappa shape index (κ1) is 16.3. The van der Waals surface area contributed by atoms with E-state index < -0.39 is 6.43 Å². The Hall–Kier alpha value is -0.710. The highest BCUT2D eigenvalue weighted by Crippen LogP contribution is 2.22. The number of rotatable bonds is 7. The van der Waals surface area contributed by atoms with Crippen molar-refractivity contribution < 1.29 is 13.6 Å². The lowest BCUT2D eigenvalue weighted by Gasteiger charge is -2.38. The third-order valence-electron chi connectivity index (χ3n) is 3.61. The van der Waals surface area contributed by atoms with Gasteiger partial charge in [0, 0.05) is 25.6 Å². The number of nitrogens with zero attached hydrogens (tertiary/aromatic N) is 1. The highest BCUT2D eigenvalue weighted by atomic mass is 19.3. The van der Waals surface area contributed by atoms with Crippen LogP contribution >= 0.6 is 0 Å². The first-order valence-electron chi connectivity index (χ1n) is 7.36. The summed E-state index contributed by atoms with van der Waals surface area (Å²) in [7, 11) is 0. The van der Waals surface area contributed by atoms with Gasteiger partial charge in [0.25, 0.3) is 6.43 Å². The number of hydrogen-bond donors (Lipinski definition) is 1. The number of carbonyl (C=O) groups excluding carboxylic acids is 1. The Labute approximate surface area is 114 Å². The van der Waals surface area contributed by atoms with Gasteiger partial charge in [0.05, 0.1) is 6.54 Å². The number of halogens is 2. The van der Waals surface area contributed by atoms with Gasteiger partial charge in [-0.15, -0.1) is 0 Å². The monoisotopic (exact) mass is 276 g/mol. The molecule has 0 radical (unpaired) electrons. The first-order chi connectivity index (χ1) is 9.06. The van der Waals surface area contributed by atoms with E-state index in [1.165, 1.54) is 0 Å². The fraction of sp³-hybridized carbons (Fsp3) is 0.929. The van der Waals surface area contributed by atoms with Crippen molar-refractivity contribution in [2.45, 2.75) is 58.4 Å². The Morgan fingerprint density at radius 3 is 2.63 bits per heavy atom. The second-order valence-corrected chi connectivity index (χ2v) is 5.44. The predicted octanol–water partition coefficient (Wildman–Crippen LogP) is 2.66. The summed E-state index contributed by atoms with van der Waals surface area (Å²) in [6, 6.07) is 0.0140. The summed E-state index contributed by atoms with van der Waals surface area (Å²) < 4.78 is 24.5. The van der Waals surface area contributed by atoms with E-state index in [2.05, 4.69) is 12.2 Å². The van der Waals surface area contributed by atoms with Crippen LogP contribution in [-0.2, 0) is 4.79 Å². The molecule has 0 aromatic rings. The second-order valence-electron chi connectivity index (χ2n) is 5.44. The van der Waals surface area contributed by atoms with Gasteiger partial charge in [0.15, 0.2) is 0 Å². The minimum atomic E-state index is -2.33. The molecule has 1 N–H and O–H groups in total. The molecule has 112 valence electrons. The molecule has 1 aliphatic rings. The fourth-order valence-corrected chi connectivity index (χ4v) is 2.80. The van der Waals surface area contributed by atoms with Crippen molar-refractivity contribution in [3.8, 4) is 0 Å². The average Bonchev–Trinajstić information content (AvgIpc) is 2.37. The van der Waals surface area contributed by atoms with Crippen molar-refractivity contribution in [3.63, 3.8) is 0 Å². The number of alkyl halides is 2. The first-order valence-corrected chi connectivity index (χ1v) is 7.36. The van der Waals surface area contributed by atoms with Crippen molar-refractivity contribution in [2.75, 3.05) is 19.6 Å². The van der Waals surface area contributed by atoms with Gasteiger partial charge < -0.3 is 10.2 Å². The van der Waals surface area contributed by atoms with Crippen molar-refractivity contribution in [2.24, 2.45) is 5.92 Å². The summed E-state index contributed by atoms with van der Waals surface area (Å²) in [6.45, 7) is 5.19. The molecule has 0 saturated carbocycles. The quantitative estimate of drug-likeness (QED) is 0.775. The summed E-state index contributed by atoms with van der Waals surface area (Å²) in [5, 5.41) is 2.89. The highest BCUT2D eigenvalue weighted by Gasteiger charge is 2.29. The maximum Gasteiger partial charge on any atom is 0.250 e. The molecule has 2 atom stereocenters. The molecular formula is C14H26F2N2O. The summed E-state index contributed by atoms with van der Waals surface area (Å²) in [5.74, 6) is 0.599. The molecule has 1 amide bonds. The molecule has 0 aromatic carbocycles. The molecule has 0 bridgehead atoms. The van der Waals surface area contributed by atoms with E-state index >= 15 is 0 Å². The Morgan fingerprint density at radius 2 is 2.05 bits per heavy atom. The summed E-state index contributed by atoms with van der Waals surface area (Å²) in [5.41, 5.74) is 0. The maximum absolute atomic E-state index is 12.3. The van der Waals surface area contributed by atoms with Crippen molar-refractivity contribution in [1.82, 2.24) is 10.2 Å². The molecule has 2 unspecified atom stereocenters. The van der Waals surface area contributed by atoms with E-state index in [1.54, 1.807) is 0 Å². The normalized spacial score (nSPS) is 23.9. The zero-order chi connectivity index (χ0) is 14.3. The smallest absolute Gasteiger partial charge is 0.250 e. The van der Waals surface area contributed by atoms with Gasteiger partial charge in [-0.2, -0.15) is 0 Å². The van der Waals surface area contributed by atoms with Crippen molar-refractivity contribution in [1.29, 1.82) is 0 Å². The van der Waals surface area contributed by atoms with Gasteiger partial charge in [-0.05, 0) is 25.2 Å². The number of likely N-dealkylation sites (tertiary alicyclic amines) is 1. The number of piperidine rings is 1. The number of hydrogen-bond acceptors (Lipinski definition) is 2. The minimum absolute atomic E-state index is 0.0140. The molecule has 1 saturated heterocycles. The number of carbonyl (C=O) groups is 1. The zero-order valence-electron chi connectivity index (χ0n) is 12.0. The zero-order valence-corrected chi connectivity index (χ0v) is 12.0. The molecule has 0 aromatic heterocycles. The second kappa shape index (κ2) is 8.46. The lowest BCUT2D eigenvalue weighted by molar-refractivity contribution is -0.133. The van der Waals surface area contributed by atoms with Crippen LogP contribution in [0.1, 0.15) is 46.0 Å². The molecule has 0 spiro atoms. The largest absolute Gasteiger partial charge is 0.341 e. The van der Waals surface area contributed by atoms with Crippen LogP contribution in [-0.4, -0.2) is 42.9 Å². The van der Waals surface area contributed by atoms with E-state index in [0.717, 1.165) is 32.2 Å². The van der Waals surface area contributed by atoms with Crippen LogP contribution in [0.5, 0.6) is 0 Å². The van der Waals surface area contributed by atoms with Crippen LogP contribution < -0.4 is 5.32 Å². The van der Waals surface area contributed by atoms with Crippen molar-refractivity contribution in [3.05, 3.63) is 0 Å². The third kappa shape index (κ3) is 5.85. The van der Waals surface area contributed by atoms with E-state index in [9.17, 15) is 13.6 Å². The van der Waals surface area contributed by atoms with Gasteiger partial charge in [0.1, 0.15) is 0 Å². The van der Waals surface area contributed by atoms with Crippen LogP contribution in [0.25, 0.3) is 0 Å². The van der Waals surface area contributed by atoms with E-state index in [-0.39, 0.29) is 18.5 Å². The number of amides is 1. The molecular weight excluding hydrogens is 250 g/mol. The molecule has 0 aliphatic carbocycles. The van der Waals surface area contributed by atoms with E-state index in [0.29, 0.717) is 18.9 Å². The molecule has 1 rings (SSSR count). The predicted molar refractivity (Wildman–Crippen MR) is 72.3 cm³/mol. The summed E-state index contributed by atoms with van der Waals surface area (Å²) in [6.07, 6.45) is 2.09. The Bertz CT molecular complexity index is 274. The van der Waals surface area contributed by atoms with Crippen LogP contribution in [0.15, 0.2) is 0 Å². The molecule has 1 heterocycles. The molecule has 1 fully saturated rings. The number of nitrogens with one attached hydrogen (secondary N) is 1. The Morgan fingerprint density at radius 1 is 1.32 bits per heavy atom. The Balaban J connectivity index is 2.54. The van der Waals surface area contributed by atoms with Crippen LogP contribution in [0, 0.1) is 5.92 Å². The van der Waals surface area contributed by atoms with Gasteiger partial charge in [-0.1, -0.05) is 20.3 Å². The standard InChI is InChI=1S/C14H26F2N2O/c1-3-5-11-7-12(17-8-13(15)16)10-18(9-11)14(19)6-4-2/h11-13,17H,3-10H2,1-2H3. The highest BCUT2D eigenvalue weighted by molar-refractivity contribution is 5.76. The topological polar surface area (TPSA) is 32.3 Å². The lowest BCUT2D eigenvalue weighted by Crippen LogP contribution is -2.52. The summed E-state index contributed by atoms with van der Waals surface area (Å²) >= 11 is 0. The molecule has 19 heavy (non-hydrogen) atoms. The van der Waals surface area contributed by atoms with Gasteiger partial charge in [-0.3, -0.25) is 4.79 Å².